The molecule has 0 aromatic heterocycles. The van der Waals surface area contributed by atoms with Gasteiger partial charge in [0.15, 0.2) is 0 Å². The summed E-state index contributed by atoms with van der Waals surface area (Å²) < 4.78 is 4.77. The molecular weight excluding hydrogens is 190 g/mol. The van der Waals surface area contributed by atoms with Crippen molar-refractivity contribution in [1.82, 2.24) is 0 Å². The zero-order valence-corrected chi connectivity index (χ0v) is 8.99. The minimum absolute atomic E-state index is 0.310. The summed E-state index contributed by atoms with van der Waals surface area (Å²) >= 11 is 0. The smallest absolute Gasteiger partial charge is 0.330 e. The van der Waals surface area contributed by atoms with Gasteiger partial charge in [-0.3, -0.25) is 0 Å². The molecule has 0 amide bonds. The summed E-state index contributed by atoms with van der Waals surface area (Å²) in [6.45, 7) is 2.19. The predicted octanol–water partition coefficient (Wildman–Crippen LogP) is 2.30. The van der Waals surface area contributed by atoms with Gasteiger partial charge < -0.3 is 10.1 Å². The van der Waals surface area contributed by atoms with Crippen molar-refractivity contribution in [2.45, 2.75) is 6.92 Å². The molecule has 0 fully saturated rings. The molecule has 3 nitrogen and oxygen atoms in total. The SMILES string of the molecule is CCOC(=O)C=Cc1ccc(NC)cc1. The van der Waals surface area contributed by atoms with Gasteiger partial charge in [0, 0.05) is 18.8 Å². The third-order valence-electron chi connectivity index (χ3n) is 1.90. The summed E-state index contributed by atoms with van der Waals surface area (Å²) in [5, 5.41) is 3.02. The Morgan fingerprint density at radius 2 is 2.07 bits per heavy atom. The van der Waals surface area contributed by atoms with Gasteiger partial charge in [0.25, 0.3) is 0 Å². The molecular formula is C12H15NO2. The van der Waals surface area contributed by atoms with E-state index in [0.717, 1.165) is 11.3 Å². The van der Waals surface area contributed by atoms with Crippen LogP contribution in [-0.2, 0) is 9.53 Å². The van der Waals surface area contributed by atoms with E-state index >= 15 is 0 Å². The topological polar surface area (TPSA) is 38.3 Å². The Balaban J connectivity index is 2.60. The number of hydrogen-bond donors (Lipinski definition) is 1. The van der Waals surface area contributed by atoms with Crippen molar-refractivity contribution in [3.63, 3.8) is 0 Å². The van der Waals surface area contributed by atoms with Crippen LogP contribution in [0.15, 0.2) is 30.3 Å². The van der Waals surface area contributed by atoms with Crippen LogP contribution < -0.4 is 5.32 Å². The maximum atomic E-state index is 11.0. The first-order valence-corrected chi connectivity index (χ1v) is 4.89. The van der Waals surface area contributed by atoms with Crippen molar-refractivity contribution >= 4 is 17.7 Å². The van der Waals surface area contributed by atoms with Crippen LogP contribution >= 0.6 is 0 Å². The van der Waals surface area contributed by atoms with Crippen LogP contribution in [0, 0.1) is 0 Å². The fourth-order valence-corrected chi connectivity index (χ4v) is 1.12. The average molecular weight is 205 g/mol. The number of ether oxygens (including phenoxy) is 1. The van der Waals surface area contributed by atoms with E-state index in [2.05, 4.69) is 5.32 Å². The first-order chi connectivity index (χ1) is 7.26. The highest BCUT2D eigenvalue weighted by Crippen LogP contribution is 2.09. The van der Waals surface area contributed by atoms with Gasteiger partial charge in [-0.15, -0.1) is 0 Å². The number of anilines is 1. The van der Waals surface area contributed by atoms with Gasteiger partial charge in [0.05, 0.1) is 6.61 Å². The highest BCUT2D eigenvalue weighted by atomic mass is 16.5. The molecule has 0 bridgehead atoms. The van der Waals surface area contributed by atoms with E-state index < -0.39 is 0 Å². The van der Waals surface area contributed by atoms with Crippen LogP contribution in [0.5, 0.6) is 0 Å². The molecule has 3 heteroatoms. The normalized spacial score (nSPS) is 10.3. The van der Waals surface area contributed by atoms with Crippen molar-refractivity contribution in [3.05, 3.63) is 35.9 Å². The van der Waals surface area contributed by atoms with Gasteiger partial charge in [-0.1, -0.05) is 12.1 Å². The van der Waals surface area contributed by atoms with E-state index in [1.807, 2.05) is 31.3 Å². The van der Waals surface area contributed by atoms with E-state index in [0.29, 0.717) is 6.61 Å². The third kappa shape index (κ3) is 3.85. The molecule has 1 aromatic carbocycles. The fourth-order valence-electron chi connectivity index (χ4n) is 1.12. The molecule has 0 aliphatic rings. The highest BCUT2D eigenvalue weighted by molar-refractivity contribution is 5.87. The highest BCUT2D eigenvalue weighted by Gasteiger charge is 1.93. The molecule has 0 spiro atoms. The van der Waals surface area contributed by atoms with Gasteiger partial charge in [-0.2, -0.15) is 0 Å². The van der Waals surface area contributed by atoms with Crippen molar-refractivity contribution in [3.8, 4) is 0 Å². The van der Waals surface area contributed by atoms with Crippen molar-refractivity contribution in [2.24, 2.45) is 0 Å². The second kappa shape index (κ2) is 5.86. The lowest BCUT2D eigenvalue weighted by atomic mass is 10.2. The minimum Gasteiger partial charge on any atom is -0.463 e. The lowest BCUT2D eigenvalue weighted by Gasteiger charge is -1.99. The van der Waals surface area contributed by atoms with E-state index in [-0.39, 0.29) is 5.97 Å². The molecule has 0 aliphatic carbocycles. The van der Waals surface area contributed by atoms with Gasteiger partial charge in [-0.25, -0.2) is 4.79 Å². The maximum Gasteiger partial charge on any atom is 0.330 e. The Hall–Kier alpha value is -1.77. The molecule has 0 saturated heterocycles. The van der Waals surface area contributed by atoms with E-state index in [9.17, 15) is 4.79 Å². The second-order valence-electron chi connectivity index (χ2n) is 2.96. The van der Waals surface area contributed by atoms with Gasteiger partial charge in [0.1, 0.15) is 0 Å². The number of rotatable bonds is 4. The predicted molar refractivity (Wildman–Crippen MR) is 61.7 cm³/mol. The van der Waals surface area contributed by atoms with Crippen molar-refractivity contribution in [2.75, 3.05) is 19.0 Å². The summed E-state index contributed by atoms with van der Waals surface area (Å²) in [4.78, 5) is 11.0. The number of nitrogens with one attached hydrogen (secondary N) is 1. The van der Waals surface area contributed by atoms with Gasteiger partial charge >= 0.3 is 5.97 Å². The quantitative estimate of drug-likeness (QED) is 0.605. The van der Waals surface area contributed by atoms with Gasteiger partial charge in [-0.05, 0) is 30.7 Å². The molecule has 15 heavy (non-hydrogen) atoms. The molecule has 0 heterocycles. The van der Waals surface area contributed by atoms with Gasteiger partial charge in [0.2, 0.25) is 0 Å². The molecule has 0 atom stereocenters. The first kappa shape index (κ1) is 11.3. The molecule has 1 rings (SSSR count). The van der Waals surface area contributed by atoms with Crippen LogP contribution in [0.4, 0.5) is 5.69 Å². The first-order valence-electron chi connectivity index (χ1n) is 4.89. The lowest BCUT2D eigenvalue weighted by Crippen LogP contribution is -1.98. The molecule has 80 valence electrons. The maximum absolute atomic E-state index is 11.0. The number of benzene rings is 1. The van der Waals surface area contributed by atoms with Crippen LogP contribution in [0.1, 0.15) is 12.5 Å². The van der Waals surface area contributed by atoms with E-state index in [1.165, 1.54) is 6.08 Å². The Bertz CT molecular complexity index is 341. The molecule has 0 unspecified atom stereocenters. The summed E-state index contributed by atoms with van der Waals surface area (Å²) in [7, 11) is 1.86. The lowest BCUT2D eigenvalue weighted by molar-refractivity contribution is -0.137. The van der Waals surface area contributed by atoms with Crippen LogP contribution in [-0.4, -0.2) is 19.6 Å². The second-order valence-corrected chi connectivity index (χ2v) is 2.96. The molecule has 0 radical (unpaired) electrons. The monoisotopic (exact) mass is 205 g/mol. The number of carbonyl (C=O) groups is 1. The van der Waals surface area contributed by atoms with Crippen LogP contribution in [0.2, 0.25) is 0 Å². The minimum atomic E-state index is -0.310. The van der Waals surface area contributed by atoms with Crippen molar-refractivity contribution < 1.29 is 9.53 Å². The summed E-state index contributed by atoms with van der Waals surface area (Å²) in [6, 6.07) is 7.76. The average Bonchev–Trinajstić information content (AvgIpc) is 2.27. The Kier molecular flexibility index (Phi) is 4.41. The standard InChI is InChI=1S/C12H15NO2/c1-3-15-12(14)9-6-10-4-7-11(13-2)8-5-10/h4-9,13H,3H2,1-2H3. The number of esters is 1. The summed E-state index contributed by atoms with van der Waals surface area (Å²) in [6.07, 6.45) is 3.16. The third-order valence-corrected chi connectivity index (χ3v) is 1.90. The zero-order chi connectivity index (χ0) is 11.1. The summed E-state index contributed by atoms with van der Waals surface area (Å²) in [5.74, 6) is -0.310. The van der Waals surface area contributed by atoms with E-state index in [1.54, 1.807) is 13.0 Å². The molecule has 1 N–H and O–H groups in total. The fraction of sp³-hybridized carbons (Fsp3) is 0.250. The zero-order valence-electron chi connectivity index (χ0n) is 8.99. The van der Waals surface area contributed by atoms with E-state index in [4.69, 9.17) is 4.74 Å². The van der Waals surface area contributed by atoms with Crippen LogP contribution in [0.25, 0.3) is 6.08 Å². The molecule has 1 aromatic rings. The Morgan fingerprint density at radius 3 is 2.60 bits per heavy atom. The number of hydrogen-bond acceptors (Lipinski definition) is 3. The molecule has 0 aliphatic heterocycles. The Labute approximate surface area is 89.8 Å². The Morgan fingerprint density at radius 1 is 1.40 bits per heavy atom. The van der Waals surface area contributed by atoms with Crippen LogP contribution in [0.3, 0.4) is 0 Å². The van der Waals surface area contributed by atoms with Crippen molar-refractivity contribution in [1.29, 1.82) is 0 Å². The molecule has 0 saturated carbocycles. The summed E-state index contributed by atoms with van der Waals surface area (Å²) in [5.41, 5.74) is 2.02. The number of carbonyl (C=O) groups excluding carboxylic acids is 1. The largest absolute Gasteiger partial charge is 0.463 e.